The first-order chi connectivity index (χ1) is 48.8. The van der Waals surface area contributed by atoms with Gasteiger partial charge in [0.2, 0.25) is 0 Å². The van der Waals surface area contributed by atoms with Crippen LogP contribution < -0.4 is 29.4 Å². The first-order valence-corrected chi connectivity index (χ1v) is 33.4. The summed E-state index contributed by atoms with van der Waals surface area (Å²) in [4.78, 5) is 13.5. The molecule has 0 N–H and O–H groups in total. The molecule has 0 aliphatic carbocycles. The average Bonchev–Trinajstić information content (AvgIpc) is 0.822. The Balaban J connectivity index is 0.000000127. The lowest BCUT2D eigenvalue weighted by Gasteiger charge is -2.27. The van der Waals surface area contributed by atoms with Gasteiger partial charge in [-0.25, -0.2) is 0 Å². The van der Waals surface area contributed by atoms with E-state index in [-0.39, 0.29) is 0 Å². The van der Waals surface area contributed by atoms with Crippen LogP contribution in [0.1, 0.15) is 5.56 Å². The Kier molecular flexibility index (Phi) is 18.9. The van der Waals surface area contributed by atoms with E-state index in [1.807, 2.05) is 43.4 Å². The molecule has 0 heterocycles. The summed E-state index contributed by atoms with van der Waals surface area (Å²) in [7, 11) is 6.25. The summed E-state index contributed by atoms with van der Waals surface area (Å²) in [6.07, 6.45) is 0. The summed E-state index contributed by atoms with van der Waals surface area (Å²) < 4.78 is 0. The molecule has 0 fully saturated rings. The second-order valence-corrected chi connectivity index (χ2v) is 24.3. The minimum atomic E-state index is 0.655. The molecular weight excluding hydrogens is 1200 g/mol. The van der Waals surface area contributed by atoms with E-state index >= 15 is 0 Å². The fraction of sp³-hybridized carbons (Fsp3) is 0.0326. The van der Waals surface area contributed by atoms with E-state index < -0.39 is 0 Å². The van der Waals surface area contributed by atoms with Crippen molar-refractivity contribution in [3.8, 4) is 6.07 Å². The molecule has 0 bridgehead atoms. The van der Waals surface area contributed by atoms with Crippen LogP contribution in [0.15, 0.2) is 388 Å². The van der Waals surface area contributed by atoms with Gasteiger partial charge < -0.3 is 29.4 Å². The van der Waals surface area contributed by atoms with Crippen molar-refractivity contribution < 1.29 is 0 Å². The molecule has 0 aliphatic heterocycles. The summed E-state index contributed by atoms with van der Waals surface area (Å²) in [6.45, 7) is 0. The monoisotopic (exact) mass is 1280 g/mol. The number of fused-ring (bicyclic) bond motifs is 4. The van der Waals surface area contributed by atoms with Gasteiger partial charge in [0, 0.05) is 112 Å². The zero-order chi connectivity index (χ0) is 67.3. The Labute approximate surface area is 580 Å². The molecular formula is C92H73N7. The highest BCUT2D eigenvalue weighted by molar-refractivity contribution is 6.00. The fourth-order valence-electron chi connectivity index (χ4n) is 12.9. The summed E-state index contributed by atoms with van der Waals surface area (Å²) in [5.41, 5.74) is 17.5. The summed E-state index contributed by atoms with van der Waals surface area (Å²) in [5.74, 6) is 0. The van der Waals surface area contributed by atoms with E-state index in [2.05, 4.69) is 401 Å². The molecule has 16 aromatic rings. The predicted molar refractivity (Wildman–Crippen MR) is 422 cm³/mol. The average molecular weight is 1280 g/mol. The number of hydrogen-bond donors (Lipinski definition) is 0. The van der Waals surface area contributed by atoms with Gasteiger partial charge in [0.05, 0.1) is 17.3 Å². The molecule has 7 heteroatoms. The van der Waals surface area contributed by atoms with Crippen molar-refractivity contribution in [1.82, 2.24) is 0 Å². The van der Waals surface area contributed by atoms with Gasteiger partial charge >= 0.3 is 0 Å². The van der Waals surface area contributed by atoms with Crippen molar-refractivity contribution in [1.29, 1.82) is 5.26 Å². The van der Waals surface area contributed by atoms with Crippen molar-refractivity contribution in [3.05, 3.63) is 394 Å². The quantitative estimate of drug-likeness (QED) is 0.101. The molecule has 0 amide bonds. The summed E-state index contributed by atoms with van der Waals surface area (Å²) >= 11 is 0. The number of anilines is 15. The Bertz CT molecular complexity index is 5380. The SMILES string of the molecule is CN(c1ccc(N(c2ccccc2)c2ccc3ccccc3c2)cc1)c1cccc2ccccc12.CN(c1ccc(N(c2ccccc2)c2cccc3ccccc23)cc1)c1cccc(C#N)c1.CN(c1ccccc1)c1ccc(N(c2ccccc2)c2ccc3ccccc3c2)cc1. The van der Waals surface area contributed by atoms with Crippen LogP contribution in [0.2, 0.25) is 0 Å². The number of nitriles is 1. The van der Waals surface area contributed by atoms with Crippen molar-refractivity contribution in [2.75, 3.05) is 50.5 Å². The molecule has 0 spiro atoms. The van der Waals surface area contributed by atoms with Crippen LogP contribution in [-0.4, -0.2) is 21.1 Å². The zero-order valence-corrected chi connectivity index (χ0v) is 55.6. The maximum Gasteiger partial charge on any atom is 0.0992 e. The first kappa shape index (κ1) is 63.3. The standard InChI is InChI=1S/C33H26N2.C30H23N3.C29H24N2/c1-34(33-17-9-13-26-11-7-8-16-32(26)33)28-20-22-30(23-21-28)35(29-14-3-2-4-15-29)31-19-18-25-10-5-6-12-27(25)24-31;1-32(28-14-7-9-23(21-28)22-31)25-17-19-27(20-18-25)33(26-12-3-2-4-13-26)30-16-8-11-24-10-5-6-15-29(24)30;1-30(25-12-4-2-5-13-25)26-18-20-28(21-19-26)31(27-14-6-3-7-15-27)29-17-16-23-10-8-9-11-24(23)22-29/h2-24H,1H3;2-21H,1H3;2-22H,1H3. The predicted octanol–water partition coefficient (Wildman–Crippen LogP) is 25.3. The van der Waals surface area contributed by atoms with E-state index in [1.54, 1.807) is 0 Å². The van der Waals surface area contributed by atoms with Crippen molar-refractivity contribution in [2.45, 2.75) is 0 Å². The van der Waals surface area contributed by atoms with Crippen LogP contribution in [-0.2, 0) is 0 Å². The molecule has 16 aromatic carbocycles. The number of hydrogen-bond acceptors (Lipinski definition) is 7. The smallest absolute Gasteiger partial charge is 0.0992 e. The largest absolute Gasteiger partial charge is 0.345 e. The molecule has 16 rings (SSSR count). The molecule has 0 atom stereocenters. The van der Waals surface area contributed by atoms with Crippen molar-refractivity contribution in [2.24, 2.45) is 0 Å². The molecule has 0 saturated carbocycles. The van der Waals surface area contributed by atoms with Gasteiger partial charge in [0.15, 0.2) is 0 Å². The number of rotatable bonds is 15. The molecule has 7 nitrogen and oxygen atoms in total. The van der Waals surface area contributed by atoms with Crippen molar-refractivity contribution >= 4 is 128 Å². The van der Waals surface area contributed by atoms with Crippen LogP contribution in [0.25, 0.3) is 43.1 Å². The number of para-hydroxylation sites is 4. The lowest BCUT2D eigenvalue weighted by Crippen LogP contribution is -2.12. The van der Waals surface area contributed by atoms with E-state index in [0.29, 0.717) is 5.56 Å². The van der Waals surface area contributed by atoms with Gasteiger partial charge in [-0.15, -0.1) is 0 Å². The summed E-state index contributed by atoms with van der Waals surface area (Å²) in [5, 5.41) is 19.1. The molecule has 0 unspecified atom stereocenters. The van der Waals surface area contributed by atoms with Crippen LogP contribution in [0, 0.1) is 11.3 Å². The van der Waals surface area contributed by atoms with Crippen LogP contribution in [0.3, 0.4) is 0 Å². The fourth-order valence-corrected chi connectivity index (χ4v) is 12.9. The Hall–Kier alpha value is -13.2. The van der Waals surface area contributed by atoms with Crippen molar-refractivity contribution in [3.63, 3.8) is 0 Å². The third-order valence-electron chi connectivity index (χ3n) is 18.2. The summed E-state index contributed by atoms with van der Waals surface area (Å²) in [6, 6.07) is 138. The second-order valence-electron chi connectivity index (χ2n) is 24.3. The normalized spacial score (nSPS) is 10.8. The Morgan fingerprint density at radius 1 is 0.192 bits per heavy atom. The van der Waals surface area contributed by atoms with Crippen LogP contribution in [0.4, 0.5) is 85.3 Å². The lowest BCUT2D eigenvalue weighted by atomic mass is 10.1. The number of nitrogens with zero attached hydrogens (tertiary/aromatic N) is 7. The van der Waals surface area contributed by atoms with Gasteiger partial charge in [-0.05, 0) is 208 Å². The topological polar surface area (TPSA) is 43.2 Å². The third-order valence-corrected chi connectivity index (χ3v) is 18.2. The zero-order valence-electron chi connectivity index (χ0n) is 55.6. The van der Waals surface area contributed by atoms with Crippen LogP contribution >= 0.6 is 0 Å². The maximum absolute atomic E-state index is 9.23. The molecule has 0 saturated heterocycles. The highest BCUT2D eigenvalue weighted by Crippen LogP contribution is 2.43. The molecule has 99 heavy (non-hydrogen) atoms. The minimum Gasteiger partial charge on any atom is -0.345 e. The van der Waals surface area contributed by atoms with E-state index in [1.165, 1.54) is 54.5 Å². The third kappa shape index (κ3) is 14.2. The molecule has 0 aromatic heterocycles. The first-order valence-electron chi connectivity index (χ1n) is 33.4. The molecule has 0 radical (unpaired) electrons. The van der Waals surface area contributed by atoms with E-state index in [0.717, 1.165) is 73.9 Å². The van der Waals surface area contributed by atoms with Gasteiger partial charge in [0.1, 0.15) is 0 Å². The second kappa shape index (κ2) is 29.6. The highest BCUT2D eigenvalue weighted by atomic mass is 15.2. The van der Waals surface area contributed by atoms with Gasteiger partial charge in [-0.1, -0.05) is 212 Å². The van der Waals surface area contributed by atoms with Gasteiger partial charge in [0.25, 0.3) is 0 Å². The van der Waals surface area contributed by atoms with Gasteiger partial charge in [-0.2, -0.15) is 5.26 Å². The number of benzene rings is 16. The highest BCUT2D eigenvalue weighted by Gasteiger charge is 2.19. The lowest BCUT2D eigenvalue weighted by molar-refractivity contribution is 1.20. The maximum atomic E-state index is 9.23. The Morgan fingerprint density at radius 3 is 0.929 bits per heavy atom. The minimum absolute atomic E-state index is 0.655. The molecule has 0 aliphatic rings. The van der Waals surface area contributed by atoms with E-state index in [9.17, 15) is 5.26 Å². The van der Waals surface area contributed by atoms with Gasteiger partial charge in [-0.3, -0.25) is 0 Å². The molecule has 476 valence electrons. The van der Waals surface area contributed by atoms with E-state index in [4.69, 9.17) is 0 Å². The van der Waals surface area contributed by atoms with Crippen LogP contribution in [0.5, 0.6) is 0 Å². The Morgan fingerprint density at radius 2 is 0.475 bits per heavy atom.